The van der Waals surface area contributed by atoms with E-state index in [1.54, 1.807) is 0 Å². The number of nitrogens with zero attached hydrogens (tertiary/aromatic N) is 2. The third-order valence-corrected chi connectivity index (χ3v) is 3.68. The van der Waals surface area contributed by atoms with Crippen LogP contribution in [0.25, 0.3) is 0 Å². The molecule has 4 nitrogen and oxygen atoms in total. The maximum atomic E-state index is 5.64. The largest absolute Gasteiger partial charge is 0.378 e. The fourth-order valence-corrected chi connectivity index (χ4v) is 2.03. The Balaban J connectivity index is 1.84. The first-order valence-corrected chi connectivity index (χ1v) is 7.45. The van der Waals surface area contributed by atoms with E-state index in [0.717, 1.165) is 32.5 Å². The summed E-state index contributed by atoms with van der Waals surface area (Å²) >= 11 is 0. The number of hydrogen-bond donors (Lipinski definition) is 1. The standard InChI is InChI=1S/C14H31N3O/c1-4-14(2)18-13-5-6-15-7-8-17-11-9-16(3)10-12-17/h14-15H,4-13H2,1-3H3. The van der Waals surface area contributed by atoms with E-state index in [1.807, 2.05) is 0 Å². The zero-order chi connectivity index (χ0) is 13.2. The van der Waals surface area contributed by atoms with Crippen LogP contribution in [0.15, 0.2) is 0 Å². The van der Waals surface area contributed by atoms with Gasteiger partial charge in [0.1, 0.15) is 0 Å². The van der Waals surface area contributed by atoms with E-state index in [-0.39, 0.29) is 0 Å². The lowest BCUT2D eigenvalue weighted by Crippen LogP contribution is -2.46. The number of likely N-dealkylation sites (N-methyl/N-ethyl adjacent to an activating group) is 1. The molecule has 1 aliphatic heterocycles. The van der Waals surface area contributed by atoms with Gasteiger partial charge in [-0.05, 0) is 33.4 Å². The molecule has 0 aromatic carbocycles. The smallest absolute Gasteiger partial charge is 0.0544 e. The molecule has 108 valence electrons. The highest BCUT2D eigenvalue weighted by Gasteiger charge is 2.12. The Morgan fingerprint density at radius 1 is 1.17 bits per heavy atom. The van der Waals surface area contributed by atoms with Crippen LogP contribution in [0.4, 0.5) is 0 Å². The Hall–Kier alpha value is -0.160. The van der Waals surface area contributed by atoms with Crippen molar-refractivity contribution >= 4 is 0 Å². The molecule has 0 radical (unpaired) electrons. The van der Waals surface area contributed by atoms with Crippen LogP contribution in [-0.2, 0) is 4.74 Å². The summed E-state index contributed by atoms with van der Waals surface area (Å²) in [6.07, 6.45) is 2.64. The fourth-order valence-electron chi connectivity index (χ4n) is 2.03. The maximum Gasteiger partial charge on any atom is 0.0544 e. The van der Waals surface area contributed by atoms with Crippen molar-refractivity contribution in [3.8, 4) is 0 Å². The van der Waals surface area contributed by atoms with Gasteiger partial charge in [0.2, 0.25) is 0 Å². The van der Waals surface area contributed by atoms with Gasteiger partial charge in [0.05, 0.1) is 6.10 Å². The summed E-state index contributed by atoms with van der Waals surface area (Å²) in [7, 11) is 2.20. The minimum atomic E-state index is 0.412. The van der Waals surface area contributed by atoms with Gasteiger partial charge in [0, 0.05) is 45.9 Å². The van der Waals surface area contributed by atoms with Crippen LogP contribution in [0.3, 0.4) is 0 Å². The third-order valence-electron chi connectivity index (χ3n) is 3.68. The molecule has 1 aliphatic rings. The van der Waals surface area contributed by atoms with Crippen LogP contribution in [0, 0.1) is 0 Å². The molecule has 4 heteroatoms. The fraction of sp³-hybridized carbons (Fsp3) is 1.00. The highest BCUT2D eigenvalue weighted by molar-refractivity contribution is 4.69. The average Bonchev–Trinajstić information content (AvgIpc) is 2.39. The van der Waals surface area contributed by atoms with Crippen LogP contribution in [-0.4, -0.2) is 75.4 Å². The summed E-state index contributed by atoms with van der Waals surface area (Å²) in [5.74, 6) is 0. The zero-order valence-corrected chi connectivity index (χ0v) is 12.5. The normalized spacial score (nSPS) is 20.2. The van der Waals surface area contributed by atoms with E-state index in [2.05, 4.69) is 36.0 Å². The van der Waals surface area contributed by atoms with Crippen molar-refractivity contribution in [2.45, 2.75) is 32.8 Å². The number of ether oxygens (including phenoxy) is 1. The molecule has 1 N–H and O–H groups in total. The van der Waals surface area contributed by atoms with Gasteiger partial charge in [0.15, 0.2) is 0 Å². The summed E-state index contributed by atoms with van der Waals surface area (Å²) in [5, 5.41) is 3.50. The Morgan fingerprint density at radius 3 is 2.56 bits per heavy atom. The van der Waals surface area contributed by atoms with E-state index in [1.165, 1.54) is 32.7 Å². The predicted molar refractivity (Wildman–Crippen MR) is 77.1 cm³/mol. The van der Waals surface area contributed by atoms with Gasteiger partial charge in [-0.1, -0.05) is 6.92 Å². The molecule has 1 atom stereocenters. The number of nitrogens with one attached hydrogen (secondary N) is 1. The Labute approximate surface area is 113 Å². The highest BCUT2D eigenvalue weighted by Crippen LogP contribution is 1.98. The van der Waals surface area contributed by atoms with E-state index in [9.17, 15) is 0 Å². The third kappa shape index (κ3) is 7.31. The Kier molecular flexibility index (Phi) is 8.59. The molecule has 18 heavy (non-hydrogen) atoms. The number of piperazine rings is 1. The second-order valence-corrected chi connectivity index (χ2v) is 5.34. The van der Waals surface area contributed by atoms with E-state index in [0.29, 0.717) is 6.10 Å². The first kappa shape index (κ1) is 15.9. The minimum Gasteiger partial charge on any atom is -0.378 e. The van der Waals surface area contributed by atoms with Crippen LogP contribution >= 0.6 is 0 Å². The van der Waals surface area contributed by atoms with Crippen molar-refractivity contribution in [1.82, 2.24) is 15.1 Å². The highest BCUT2D eigenvalue weighted by atomic mass is 16.5. The van der Waals surface area contributed by atoms with E-state index < -0.39 is 0 Å². The summed E-state index contributed by atoms with van der Waals surface area (Å²) in [6.45, 7) is 13.4. The topological polar surface area (TPSA) is 27.7 Å². The van der Waals surface area contributed by atoms with Crippen molar-refractivity contribution in [3.63, 3.8) is 0 Å². The van der Waals surface area contributed by atoms with Gasteiger partial charge in [-0.2, -0.15) is 0 Å². The molecule has 1 saturated heterocycles. The predicted octanol–water partition coefficient (Wildman–Crippen LogP) is 1.03. The molecule has 0 aromatic rings. The van der Waals surface area contributed by atoms with Gasteiger partial charge in [-0.15, -0.1) is 0 Å². The lowest BCUT2D eigenvalue weighted by Gasteiger charge is -2.32. The quantitative estimate of drug-likeness (QED) is 0.624. The molecule has 0 spiro atoms. The van der Waals surface area contributed by atoms with Crippen LogP contribution < -0.4 is 5.32 Å². The molecular weight excluding hydrogens is 226 g/mol. The zero-order valence-electron chi connectivity index (χ0n) is 12.5. The minimum absolute atomic E-state index is 0.412. The molecule has 0 amide bonds. The Bertz CT molecular complexity index is 193. The van der Waals surface area contributed by atoms with Gasteiger partial charge >= 0.3 is 0 Å². The molecule has 0 saturated carbocycles. The van der Waals surface area contributed by atoms with Crippen molar-refractivity contribution in [1.29, 1.82) is 0 Å². The van der Waals surface area contributed by atoms with Crippen LogP contribution in [0.5, 0.6) is 0 Å². The van der Waals surface area contributed by atoms with Gasteiger partial charge in [-0.3, -0.25) is 4.90 Å². The van der Waals surface area contributed by atoms with Gasteiger partial charge < -0.3 is 15.0 Å². The van der Waals surface area contributed by atoms with Crippen molar-refractivity contribution < 1.29 is 4.74 Å². The molecule has 0 aliphatic carbocycles. The number of rotatable bonds is 9. The van der Waals surface area contributed by atoms with Crippen LogP contribution in [0.2, 0.25) is 0 Å². The molecule has 1 unspecified atom stereocenters. The van der Waals surface area contributed by atoms with E-state index >= 15 is 0 Å². The van der Waals surface area contributed by atoms with E-state index in [4.69, 9.17) is 4.74 Å². The molecule has 1 fully saturated rings. The summed E-state index contributed by atoms with van der Waals surface area (Å²) in [6, 6.07) is 0. The second-order valence-electron chi connectivity index (χ2n) is 5.34. The first-order chi connectivity index (χ1) is 8.72. The lowest BCUT2D eigenvalue weighted by molar-refractivity contribution is 0.0619. The summed E-state index contributed by atoms with van der Waals surface area (Å²) in [5.41, 5.74) is 0. The lowest BCUT2D eigenvalue weighted by atomic mass is 10.3. The molecule has 1 heterocycles. The summed E-state index contributed by atoms with van der Waals surface area (Å²) < 4.78 is 5.64. The number of hydrogen-bond acceptors (Lipinski definition) is 4. The molecule has 1 rings (SSSR count). The Morgan fingerprint density at radius 2 is 1.89 bits per heavy atom. The first-order valence-electron chi connectivity index (χ1n) is 7.45. The monoisotopic (exact) mass is 257 g/mol. The van der Waals surface area contributed by atoms with Crippen LogP contribution in [0.1, 0.15) is 26.7 Å². The van der Waals surface area contributed by atoms with Crippen molar-refractivity contribution in [2.24, 2.45) is 0 Å². The molecular formula is C14H31N3O. The van der Waals surface area contributed by atoms with Crippen molar-refractivity contribution in [3.05, 3.63) is 0 Å². The maximum absolute atomic E-state index is 5.64. The second kappa shape index (κ2) is 9.73. The average molecular weight is 257 g/mol. The van der Waals surface area contributed by atoms with Crippen molar-refractivity contribution in [2.75, 3.05) is 59.5 Å². The van der Waals surface area contributed by atoms with Gasteiger partial charge in [-0.25, -0.2) is 0 Å². The van der Waals surface area contributed by atoms with Gasteiger partial charge in [0.25, 0.3) is 0 Å². The molecule has 0 aromatic heterocycles. The molecule has 0 bridgehead atoms. The summed E-state index contributed by atoms with van der Waals surface area (Å²) in [4.78, 5) is 4.94. The SMILES string of the molecule is CCC(C)OCCCNCCN1CCN(C)CC1.